The summed E-state index contributed by atoms with van der Waals surface area (Å²) in [6.07, 6.45) is 2.28. The third-order valence-electron chi connectivity index (χ3n) is 5.08. The summed E-state index contributed by atoms with van der Waals surface area (Å²) in [5.41, 5.74) is 8.27. The second-order valence-electron chi connectivity index (χ2n) is 8.19. The highest BCUT2D eigenvalue weighted by atomic mass is 32.1. The summed E-state index contributed by atoms with van der Waals surface area (Å²) in [6.45, 7) is 6.47. The number of fused-ring (bicyclic) bond motifs is 1. The molecule has 31 heavy (non-hydrogen) atoms. The molecule has 0 saturated heterocycles. The number of nitrogen functional groups attached to an aromatic ring is 1. The maximum absolute atomic E-state index is 11.8. The topological polar surface area (TPSA) is 110 Å². The monoisotopic (exact) mass is 436 g/mol. The lowest BCUT2D eigenvalue weighted by Gasteiger charge is -2.33. The fraction of sp³-hybridized carbons (Fsp3) is 0.273. The van der Waals surface area contributed by atoms with Crippen molar-refractivity contribution in [2.75, 3.05) is 12.3 Å². The van der Waals surface area contributed by atoms with Crippen molar-refractivity contribution < 1.29 is 9.90 Å². The molecule has 1 aromatic carbocycles. The van der Waals surface area contributed by atoms with Gasteiger partial charge in [0.2, 0.25) is 0 Å². The van der Waals surface area contributed by atoms with E-state index in [1.165, 1.54) is 22.6 Å². The van der Waals surface area contributed by atoms with E-state index in [4.69, 9.17) is 5.73 Å². The van der Waals surface area contributed by atoms with Crippen LogP contribution in [0.25, 0.3) is 32.0 Å². The molecule has 0 radical (unpaired) electrons. The smallest absolute Gasteiger partial charge is 0.407 e. The lowest BCUT2D eigenvalue weighted by Crippen LogP contribution is -2.46. The van der Waals surface area contributed by atoms with E-state index in [9.17, 15) is 9.90 Å². The number of carboxylic acid groups (broad SMARTS) is 1. The van der Waals surface area contributed by atoms with Gasteiger partial charge in [0.05, 0.1) is 28.0 Å². The predicted octanol–water partition coefficient (Wildman–Crippen LogP) is 4.58. The molecular weight excluding hydrogens is 412 g/mol. The van der Waals surface area contributed by atoms with Crippen LogP contribution in [0.5, 0.6) is 0 Å². The van der Waals surface area contributed by atoms with Crippen molar-refractivity contribution in [2.24, 2.45) is 0 Å². The average Bonchev–Trinajstić information content (AvgIpc) is 3.32. The maximum Gasteiger partial charge on any atom is 0.407 e. The Morgan fingerprint density at radius 2 is 1.94 bits per heavy atom. The van der Waals surface area contributed by atoms with Crippen molar-refractivity contribution in [3.8, 4) is 21.8 Å². The number of hydrogen-bond donors (Lipinski definition) is 2. The van der Waals surface area contributed by atoms with Gasteiger partial charge in [0.15, 0.2) is 0 Å². The van der Waals surface area contributed by atoms with Crippen LogP contribution in [0, 0.1) is 0 Å². The minimum absolute atomic E-state index is 0.337. The van der Waals surface area contributed by atoms with Crippen molar-refractivity contribution >= 4 is 33.5 Å². The van der Waals surface area contributed by atoms with E-state index in [1.807, 2.05) is 61.7 Å². The number of aromatic nitrogens is 4. The van der Waals surface area contributed by atoms with Gasteiger partial charge in [0, 0.05) is 24.2 Å². The number of imidazole rings is 1. The Hall–Kier alpha value is -3.46. The van der Waals surface area contributed by atoms with Crippen molar-refractivity contribution in [1.29, 1.82) is 0 Å². The molecule has 8 nitrogen and oxygen atoms in total. The summed E-state index contributed by atoms with van der Waals surface area (Å²) < 4.78 is 2.00. The van der Waals surface area contributed by atoms with Gasteiger partial charge in [0.1, 0.15) is 17.0 Å². The van der Waals surface area contributed by atoms with Crippen LogP contribution in [0.3, 0.4) is 0 Å². The van der Waals surface area contributed by atoms with Gasteiger partial charge in [-0.1, -0.05) is 30.3 Å². The van der Waals surface area contributed by atoms with Crippen molar-refractivity contribution in [2.45, 2.75) is 32.9 Å². The molecule has 9 heteroatoms. The molecule has 1 amide bonds. The number of benzene rings is 1. The Kier molecular flexibility index (Phi) is 5.36. The van der Waals surface area contributed by atoms with Gasteiger partial charge in [-0.25, -0.2) is 19.7 Å². The lowest BCUT2D eigenvalue weighted by atomic mass is 10.1. The summed E-state index contributed by atoms with van der Waals surface area (Å²) in [5.74, 6) is 0.435. The van der Waals surface area contributed by atoms with Crippen molar-refractivity contribution in [3.05, 3.63) is 49.1 Å². The minimum atomic E-state index is -0.942. The largest absolute Gasteiger partial charge is 0.465 e. The van der Waals surface area contributed by atoms with Crippen LogP contribution in [0.15, 0.2) is 49.1 Å². The van der Waals surface area contributed by atoms with Gasteiger partial charge in [-0.05, 0) is 26.8 Å². The van der Waals surface area contributed by atoms with Crippen LogP contribution in [0.2, 0.25) is 0 Å². The quantitative estimate of drug-likeness (QED) is 0.474. The molecule has 3 aromatic heterocycles. The third kappa shape index (κ3) is 4.09. The SMILES string of the molecule is CC(C)(C)N(CCn1cnc(-c2ccccc2)c1-c1cc2c(N)ncnc2s1)C(=O)O. The van der Waals surface area contributed by atoms with Gasteiger partial charge < -0.3 is 20.3 Å². The summed E-state index contributed by atoms with van der Waals surface area (Å²) in [4.78, 5) is 28.1. The van der Waals surface area contributed by atoms with Gasteiger partial charge in [0.25, 0.3) is 0 Å². The molecule has 4 rings (SSSR count). The molecule has 0 aliphatic rings. The maximum atomic E-state index is 11.8. The molecular formula is C22H24N6O2S. The Morgan fingerprint density at radius 3 is 2.58 bits per heavy atom. The zero-order valence-electron chi connectivity index (χ0n) is 17.6. The molecule has 0 aliphatic carbocycles. The highest BCUT2D eigenvalue weighted by molar-refractivity contribution is 7.21. The second-order valence-corrected chi connectivity index (χ2v) is 9.23. The van der Waals surface area contributed by atoms with Crippen molar-refractivity contribution in [1.82, 2.24) is 24.4 Å². The van der Waals surface area contributed by atoms with Crippen LogP contribution < -0.4 is 5.73 Å². The lowest BCUT2D eigenvalue weighted by molar-refractivity contribution is 0.0979. The highest BCUT2D eigenvalue weighted by Gasteiger charge is 2.26. The predicted molar refractivity (Wildman–Crippen MR) is 123 cm³/mol. The molecule has 4 aromatic rings. The van der Waals surface area contributed by atoms with Crippen LogP contribution in [0.4, 0.5) is 10.6 Å². The number of hydrogen-bond acceptors (Lipinski definition) is 6. The third-order valence-corrected chi connectivity index (χ3v) is 6.13. The van der Waals surface area contributed by atoms with Crippen molar-refractivity contribution in [3.63, 3.8) is 0 Å². The van der Waals surface area contributed by atoms with Crippen LogP contribution in [0.1, 0.15) is 20.8 Å². The average molecular weight is 437 g/mol. The number of amides is 1. The van der Waals surface area contributed by atoms with Gasteiger partial charge in [-0.2, -0.15) is 0 Å². The van der Waals surface area contributed by atoms with E-state index in [1.54, 1.807) is 6.33 Å². The molecule has 3 N–H and O–H groups in total. The fourth-order valence-electron chi connectivity index (χ4n) is 3.53. The van der Waals surface area contributed by atoms with Crippen LogP contribution in [-0.4, -0.2) is 47.7 Å². The summed E-state index contributed by atoms with van der Waals surface area (Å²) >= 11 is 1.52. The number of thiophene rings is 1. The first-order chi connectivity index (χ1) is 14.8. The molecule has 0 unspecified atom stereocenters. The first-order valence-corrected chi connectivity index (χ1v) is 10.7. The Morgan fingerprint density at radius 1 is 1.19 bits per heavy atom. The van der Waals surface area contributed by atoms with Crippen LogP contribution >= 0.6 is 11.3 Å². The fourth-order valence-corrected chi connectivity index (χ4v) is 4.60. The molecule has 0 saturated carbocycles. The summed E-state index contributed by atoms with van der Waals surface area (Å²) in [7, 11) is 0. The first kappa shape index (κ1) is 20.8. The number of carbonyl (C=O) groups is 1. The Bertz CT molecular complexity index is 1230. The minimum Gasteiger partial charge on any atom is -0.465 e. The van der Waals surface area contributed by atoms with E-state index in [2.05, 4.69) is 15.0 Å². The Labute approximate surface area is 184 Å². The molecule has 0 fully saturated rings. The molecule has 160 valence electrons. The van der Waals surface area contributed by atoms with Gasteiger partial charge in [-0.15, -0.1) is 11.3 Å². The number of anilines is 1. The highest BCUT2D eigenvalue weighted by Crippen LogP contribution is 2.39. The zero-order chi connectivity index (χ0) is 22.2. The molecule has 0 aliphatic heterocycles. The van der Waals surface area contributed by atoms with Crippen LogP contribution in [-0.2, 0) is 6.54 Å². The first-order valence-electron chi connectivity index (χ1n) is 9.87. The Balaban J connectivity index is 1.80. The molecule has 0 bridgehead atoms. The molecule has 3 heterocycles. The van der Waals surface area contributed by atoms with E-state index in [-0.39, 0.29) is 0 Å². The zero-order valence-corrected chi connectivity index (χ0v) is 18.4. The summed E-state index contributed by atoms with van der Waals surface area (Å²) in [5, 5.41) is 10.5. The van der Waals surface area contributed by atoms with Gasteiger partial charge >= 0.3 is 6.09 Å². The molecule has 0 spiro atoms. The van der Waals surface area contributed by atoms with E-state index >= 15 is 0 Å². The number of rotatable bonds is 5. The van der Waals surface area contributed by atoms with Gasteiger partial charge in [-0.3, -0.25) is 0 Å². The summed E-state index contributed by atoms with van der Waals surface area (Å²) in [6, 6.07) is 11.9. The van der Waals surface area contributed by atoms with E-state index in [0.717, 1.165) is 32.0 Å². The normalized spacial score (nSPS) is 11.7. The second kappa shape index (κ2) is 7.99. The molecule has 0 atom stereocenters. The van der Waals surface area contributed by atoms with E-state index < -0.39 is 11.6 Å². The standard InChI is InChI=1S/C22H24N6O2S/c1-22(2,3)28(21(29)30)10-9-27-13-26-17(14-7-5-4-6-8-14)18(27)16-11-15-19(23)24-12-25-20(15)31-16/h4-8,11-13H,9-10H2,1-3H3,(H,29,30)(H2,23,24,25). The number of nitrogens with zero attached hydrogens (tertiary/aromatic N) is 5. The van der Waals surface area contributed by atoms with E-state index in [0.29, 0.717) is 18.9 Å². The number of nitrogens with two attached hydrogens (primary N) is 1.